The van der Waals surface area contributed by atoms with Gasteiger partial charge in [-0.25, -0.2) is 23.3 Å². The number of imidazole rings is 1. The quantitative estimate of drug-likeness (QED) is 0.487. The second-order valence-corrected chi connectivity index (χ2v) is 8.01. The number of likely N-dealkylation sites (tertiary alicyclic amines) is 1. The Labute approximate surface area is 184 Å². The number of halogens is 2. The molecule has 1 aliphatic rings. The van der Waals surface area contributed by atoms with Crippen LogP contribution in [0.5, 0.6) is 0 Å². The highest BCUT2D eigenvalue weighted by Gasteiger charge is 2.18. The monoisotopic (exact) mass is 435 g/mol. The molecule has 0 saturated carbocycles. The molecule has 0 spiro atoms. The van der Waals surface area contributed by atoms with Gasteiger partial charge in [-0.15, -0.1) is 5.10 Å². The number of nitrogens with one attached hydrogen (secondary N) is 2. The van der Waals surface area contributed by atoms with E-state index in [4.69, 9.17) is 0 Å². The topological polar surface area (TPSA) is 70.4 Å². The van der Waals surface area contributed by atoms with Gasteiger partial charge in [0.1, 0.15) is 29.0 Å². The molecule has 9 heteroatoms. The van der Waals surface area contributed by atoms with E-state index in [1.807, 2.05) is 12.1 Å². The van der Waals surface area contributed by atoms with E-state index >= 15 is 0 Å². The maximum atomic E-state index is 14.8. The number of pyridine rings is 1. The molecule has 1 aliphatic heterocycles. The summed E-state index contributed by atoms with van der Waals surface area (Å²) in [4.78, 5) is 10.7. The minimum absolute atomic E-state index is 0.251. The van der Waals surface area contributed by atoms with Crippen LogP contribution in [0.1, 0.15) is 12.8 Å². The van der Waals surface area contributed by atoms with Gasteiger partial charge in [0.05, 0.1) is 11.9 Å². The highest BCUT2D eigenvalue weighted by Crippen LogP contribution is 2.29. The van der Waals surface area contributed by atoms with Crippen molar-refractivity contribution in [1.82, 2.24) is 24.5 Å². The summed E-state index contributed by atoms with van der Waals surface area (Å²) in [5, 5.41) is 10.8. The van der Waals surface area contributed by atoms with E-state index in [1.54, 1.807) is 35.1 Å². The summed E-state index contributed by atoms with van der Waals surface area (Å²) in [6, 6.07) is 11.7. The SMILES string of the molecule is CN1CCC(Nc2ccc3ncc(-c4cc(F)c(Nc5ccccn5)c(F)c4)n3n2)CC1. The first-order valence-corrected chi connectivity index (χ1v) is 10.5. The average Bonchev–Trinajstić information content (AvgIpc) is 3.22. The zero-order valence-electron chi connectivity index (χ0n) is 17.6. The van der Waals surface area contributed by atoms with Crippen molar-refractivity contribution in [1.29, 1.82) is 0 Å². The van der Waals surface area contributed by atoms with Crippen molar-refractivity contribution in [3.05, 3.63) is 66.5 Å². The lowest BCUT2D eigenvalue weighted by molar-refractivity contribution is 0.263. The molecule has 2 N–H and O–H groups in total. The number of hydrogen-bond acceptors (Lipinski definition) is 6. The number of nitrogens with zero attached hydrogens (tertiary/aromatic N) is 5. The van der Waals surface area contributed by atoms with E-state index in [9.17, 15) is 8.78 Å². The van der Waals surface area contributed by atoms with Gasteiger partial charge >= 0.3 is 0 Å². The van der Waals surface area contributed by atoms with Gasteiger partial charge in [-0.3, -0.25) is 0 Å². The van der Waals surface area contributed by atoms with Crippen molar-refractivity contribution >= 4 is 23.0 Å². The van der Waals surface area contributed by atoms with Crippen LogP contribution in [0.15, 0.2) is 54.9 Å². The van der Waals surface area contributed by atoms with Gasteiger partial charge in [0.15, 0.2) is 5.65 Å². The Morgan fingerprint density at radius 3 is 2.47 bits per heavy atom. The second-order valence-electron chi connectivity index (χ2n) is 8.01. The number of hydrogen-bond donors (Lipinski definition) is 2. The van der Waals surface area contributed by atoms with Crippen LogP contribution in [0.2, 0.25) is 0 Å². The first kappa shape index (κ1) is 20.3. The lowest BCUT2D eigenvalue weighted by atomic mass is 10.1. The first-order valence-electron chi connectivity index (χ1n) is 10.5. The molecule has 3 aromatic heterocycles. The van der Waals surface area contributed by atoms with Crippen LogP contribution in [0.3, 0.4) is 0 Å². The lowest BCUT2D eigenvalue weighted by Gasteiger charge is -2.29. The zero-order valence-corrected chi connectivity index (χ0v) is 17.6. The average molecular weight is 435 g/mol. The third-order valence-electron chi connectivity index (χ3n) is 5.69. The molecular formula is C23H23F2N7. The maximum absolute atomic E-state index is 14.8. The molecule has 1 aromatic carbocycles. The molecule has 164 valence electrons. The van der Waals surface area contributed by atoms with Gasteiger partial charge < -0.3 is 15.5 Å². The van der Waals surface area contributed by atoms with Gasteiger partial charge in [0.2, 0.25) is 0 Å². The molecule has 0 atom stereocenters. The van der Waals surface area contributed by atoms with Gasteiger partial charge in [-0.2, -0.15) is 0 Å². The molecule has 0 aliphatic carbocycles. The van der Waals surface area contributed by atoms with E-state index in [-0.39, 0.29) is 5.69 Å². The number of piperidine rings is 1. The summed E-state index contributed by atoms with van der Waals surface area (Å²) in [6.07, 6.45) is 5.19. The van der Waals surface area contributed by atoms with Crippen LogP contribution in [0.25, 0.3) is 16.9 Å². The molecule has 5 rings (SSSR count). The molecule has 1 fully saturated rings. The molecule has 7 nitrogen and oxygen atoms in total. The van der Waals surface area contributed by atoms with E-state index < -0.39 is 11.6 Å². The molecule has 1 saturated heterocycles. The summed E-state index contributed by atoms with van der Waals surface area (Å²) in [7, 11) is 2.12. The van der Waals surface area contributed by atoms with E-state index in [0.29, 0.717) is 34.6 Å². The molecule has 4 heterocycles. The van der Waals surface area contributed by atoms with Crippen LogP contribution >= 0.6 is 0 Å². The third-order valence-corrected chi connectivity index (χ3v) is 5.69. The predicted molar refractivity (Wildman–Crippen MR) is 120 cm³/mol. The number of aromatic nitrogens is 4. The smallest absolute Gasteiger partial charge is 0.154 e. The summed E-state index contributed by atoms with van der Waals surface area (Å²) in [5.41, 5.74) is 1.21. The number of rotatable bonds is 5. The van der Waals surface area contributed by atoms with Crippen LogP contribution < -0.4 is 10.6 Å². The van der Waals surface area contributed by atoms with Gasteiger partial charge in [0, 0.05) is 17.8 Å². The highest BCUT2D eigenvalue weighted by molar-refractivity contribution is 5.68. The molecule has 0 amide bonds. The van der Waals surface area contributed by atoms with Crippen LogP contribution in [-0.2, 0) is 0 Å². The van der Waals surface area contributed by atoms with Gasteiger partial charge in [-0.1, -0.05) is 6.07 Å². The molecule has 32 heavy (non-hydrogen) atoms. The molecule has 0 radical (unpaired) electrons. The molecule has 4 aromatic rings. The van der Waals surface area contributed by atoms with Crippen molar-refractivity contribution in [3.63, 3.8) is 0 Å². The second kappa shape index (κ2) is 8.51. The Bertz CT molecular complexity index is 1210. The molecule has 0 unspecified atom stereocenters. The fraction of sp³-hybridized carbons (Fsp3) is 0.261. The summed E-state index contributed by atoms with van der Waals surface area (Å²) >= 11 is 0. The lowest BCUT2D eigenvalue weighted by Crippen LogP contribution is -2.36. The van der Waals surface area contributed by atoms with Gasteiger partial charge in [0.25, 0.3) is 0 Å². The Morgan fingerprint density at radius 1 is 0.969 bits per heavy atom. The third kappa shape index (κ3) is 4.11. The summed E-state index contributed by atoms with van der Waals surface area (Å²) < 4.78 is 31.2. The van der Waals surface area contributed by atoms with Crippen LogP contribution in [-0.4, -0.2) is 50.7 Å². The molecular weight excluding hydrogens is 412 g/mol. The van der Waals surface area contributed by atoms with Crippen LogP contribution in [0, 0.1) is 11.6 Å². The van der Waals surface area contributed by atoms with Gasteiger partial charge in [-0.05, 0) is 69.4 Å². The minimum Gasteiger partial charge on any atom is -0.366 e. The highest BCUT2D eigenvalue weighted by atomic mass is 19.1. The molecule has 0 bridgehead atoms. The number of anilines is 3. The van der Waals surface area contributed by atoms with E-state index in [0.717, 1.165) is 25.9 Å². The fourth-order valence-corrected chi connectivity index (χ4v) is 3.91. The summed E-state index contributed by atoms with van der Waals surface area (Å²) in [6.45, 7) is 2.07. The van der Waals surface area contributed by atoms with E-state index in [1.165, 1.54) is 12.1 Å². The van der Waals surface area contributed by atoms with Crippen molar-refractivity contribution < 1.29 is 8.78 Å². The number of fused-ring (bicyclic) bond motifs is 1. The Balaban J connectivity index is 1.44. The van der Waals surface area contributed by atoms with Crippen molar-refractivity contribution in [3.8, 4) is 11.3 Å². The van der Waals surface area contributed by atoms with Crippen molar-refractivity contribution in [2.45, 2.75) is 18.9 Å². The zero-order chi connectivity index (χ0) is 22.1. The van der Waals surface area contributed by atoms with Crippen LogP contribution in [0.4, 0.5) is 26.1 Å². The Hall–Kier alpha value is -3.59. The first-order chi connectivity index (χ1) is 15.6. The van der Waals surface area contributed by atoms with Crippen molar-refractivity contribution in [2.24, 2.45) is 0 Å². The predicted octanol–water partition coefficient (Wildman–Crippen LogP) is 4.32. The largest absolute Gasteiger partial charge is 0.366 e. The van der Waals surface area contributed by atoms with E-state index in [2.05, 4.69) is 37.6 Å². The minimum atomic E-state index is -0.721. The summed E-state index contributed by atoms with van der Waals surface area (Å²) in [5.74, 6) is -0.373. The standard InChI is InChI=1S/C23H23F2N7/c1-31-10-7-16(8-11-31)28-21-5-6-22-27-14-19(32(22)30-21)15-12-17(24)23(18(25)13-15)29-20-4-2-3-9-26-20/h2-6,9,12-14,16H,7-8,10-11H2,1H3,(H,26,29)(H,28,30). The Kier molecular flexibility index (Phi) is 5.40. The normalized spacial score (nSPS) is 15.2. The Morgan fingerprint density at radius 2 is 1.75 bits per heavy atom. The fourth-order valence-electron chi connectivity index (χ4n) is 3.91. The number of benzene rings is 1. The maximum Gasteiger partial charge on any atom is 0.154 e. The van der Waals surface area contributed by atoms with Crippen molar-refractivity contribution in [2.75, 3.05) is 30.8 Å².